The third kappa shape index (κ3) is 5.26. The second kappa shape index (κ2) is 10.7. The van der Waals surface area contributed by atoms with E-state index in [2.05, 4.69) is 46.4 Å². The zero-order valence-electron chi connectivity index (χ0n) is 20.7. The zero-order chi connectivity index (χ0) is 25.2. The topological polar surface area (TPSA) is 107 Å². The molecule has 0 saturated carbocycles. The van der Waals surface area contributed by atoms with E-state index in [1.54, 1.807) is 15.4 Å². The molecule has 1 aliphatic heterocycles. The molecule has 192 valence electrons. The first-order valence-corrected chi connectivity index (χ1v) is 12.1. The van der Waals surface area contributed by atoms with E-state index in [1.807, 2.05) is 48.9 Å². The Morgan fingerprint density at radius 2 is 1.84 bits per heavy atom. The fraction of sp³-hybridized carbons (Fsp3) is 0.370. The maximum absolute atomic E-state index is 12.4. The summed E-state index contributed by atoms with van der Waals surface area (Å²) >= 11 is 0. The van der Waals surface area contributed by atoms with E-state index >= 15 is 0 Å². The highest BCUT2D eigenvalue weighted by molar-refractivity contribution is 5.87. The molecule has 2 amide bonds. The number of carbonyl (C=O) groups is 1. The van der Waals surface area contributed by atoms with Gasteiger partial charge in [0.25, 0.3) is 0 Å². The molecule has 0 atom stereocenters. The molecule has 5 heterocycles. The normalized spacial score (nSPS) is 13.5. The minimum Gasteiger partial charge on any atom is -0.353 e. The van der Waals surface area contributed by atoms with Gasteiger partial charge in [-0.25, -0.2) is 14.3 Å². The molecule has 0 aliphatic carbocycles. The highest BCUT2D eigenvalue weighted by atomic mass is 16.2. The van der Waals surface area contributed by atoms with Crippen LogP contribution in [0.2, 0.25) is 0 Å². The molecule has 1 N–H and O–H groups in total. The number of piperazine rings is 1. The SMILES string of the molecule is C.CC(C)CNC(=O)N1CCN(c2ccc(-c3cc(-c4cnn(C)c4)cn4ncc(C#N)c34)cn2)CC1. The van der Waals surface area contributed by atoms with E-state index < -0.39 is 0 Å². The standard InChI is InChI=1S/C26H29N9O.CH4/c1-18(2)12-29-26(36)34-8-6-33(7-9-34)24-5-4-19(13-28-24)23-10-20(22-15-30-32(3)16-22)17-35-25(23)21(11-27)14-31-35;/h4-5,10,13-18H,6-9,12H2,1-3H3,(H,29,36);1H4. The van der Waals surface area contributed by atoms with Gasteiger partial charge in [0, 0.05) is 80.6 Å². The molecule has 5 rings (SSSR count). The van der Waals surface area contributed by atoms with Gasteiger partial charge in [-0.1, -0.05) is 21.3 Å². The number of urea groups is 1. The lowest BCUT2D eigenvalue weighted by Gasteiger charge is -2.35. The summed E-state index contributed by atoms with van der Waals surface area (Å²) in [5.41, 5.74) is 4.97. The Morgan fingerprint density at radius 1 is 1.05 bits per heavy atom. The van der Waals surface area contributed by atoms with Gasteiger partial charge in [-0.3, -0.25) is 4.68 Å². The number of amides is 2. The fourth-order valence-electron chi connectivity index (χ4n) is 4.43. The van der Waals surface area contributed by atoms with Crippen molar-refractivity contribution in [2.45, 2.75) is 21.3 Å². The highest BCUT2D eigenvalue weighted by Crippen LogP contribution is 2.32. The molecule has 0 spiro atoms. The second-order valence-electron chi connectivity index (χ2n) is 9.47. The maximum Gasteiger partial charge on any atom is 0.317 e. The van der Waals surface area contributed by atoms with Gasteiger partial charge in [0.2, 0.25) is 0 Å². The molecule has 10 heteroatoms. The van der Waals surface area contributed by atoms with Crippen LogP contribution in [0, 0.1) is 17.2 Å². The van der Waals surface area contributed by atoms with Crippen molar-refractivity contribution in [3.63, 3.8) is 0 Å². The zero-order valence-corrected chi connectivity index (χ0v) is 20.7. The number of hydrogen-bond donors (Lipinski definition) is 1. The second-order valence-corrected chi connectivity index (χ2v) is 9.47. The summed E-state index contributed by atoms with van der Waals surface area (Å²) < 4.78 is 3.50. The number of hydrogen-bond acceptors (Lipinski definition) is 6. The Hall–Kier alpha value is -4.39. The minimum absolute atomic E-state index is 0. The fourth-order valence-corrected chi connectivity index (χ4v) is 4.43. The number of fused-ring (bicyclic) bond motifs is 1. The molecule has 0 radical (unpaired) electrons. The number of nitrogens with one attached hydrogen (secondary N) is 1. The van der Waals surface area contributed by atoms with Gasteiger partial charge < -0.3 is 15.1 Å². The van der Waals surface area contributed by atoms with Crippen molar-refractivity contribution >= 4 is 17.4 Å². The third-order valence-corrected chi connectivity index (χ3v) is 6.38. The molecule has 0 unspecified atom stereocenters. The molecule has 37 heavy (non-hydrogen) atoms. The molecule has 0 aromatic carbocycles. The third-order valence-electron chi connectivity index (χ3n) is 6.38. The van der Waals surface area contributed by atoms with Gasteiger partial charge in [-0.15, -0.1) is 0 Å². The molecular formula is C27H33N9O. The number of rotatable bonds is 5. The van der Waals surface area contributed by atoms with Gasteiger partial charge in [-0.2, -0.15) is 15.5 Å². The highest BCUT2D eigenvalue weighted by Gasteiger charge is 2.22. The Bertz CT molecular complexity index is 1420. The molecule has 1 fully saturated rings. The smallest absolute Gasteiger partial charge is 0.317 e. The van der Waals surface area contributed by atoms with Gasteiger partial charge in [0.15, 0.2) is 0 Å². The summed E-state index contributed by atoms with van der Waals surface area (Å²) in [6, 6.07) is 8.33. The lowest BCUT2D eigenvalue weighted by molar-refractivity contribution is 0.193. The Labute approximate surface area is 217 Å². The Balaban J connectivity index is 0.00000320. The van der Waals surface area contributed by atoms with Crippen molar-refractivity contribution in [2.75, 3.05) is 37.6 Å². The molecule has 1 saturated heterocycles. The average molecular weight is 500 g/mol. The average Bonchev–Trinajstić information content (AvgIpc) is 3.53. The number of pyridine rings is 2. The summed E-state index contributed by atoms with van der Waals surface area (Å²) in [7, 11) is 1.88. The Kier molecular flexibility index (Phi) is 7.43. The van der Waals surface area contributed by atoms with Crippen molar-refractivity contribution < 1.29 is 4.79 Å². The predicted octanol–water partition coefficient (Wildman–Crippen LogP) is 3.79. The number of anilines is 1. The van der Waals surface area contributed by atoms with Crippen LogP contribution in [-0.4, -0.2) is 68.0 Å². The summed E-state index contributed by atoms with van der Waals surface area (Å²) in [6.45, 7) is 7.61. The molecule has 10 nitrogen and oxygen atoms in total. The van der Waals surface area contributed by atoms with Gasteiger partial charge in [0.05, 0.1) is 23.5 Å². The first-order valence-electron chi connectivity index (χ1n) is 12.1. The summed E-state index contributed by atoms with van der Waals surface area (Å²) in [4.78, 5) is 21.2. The van der Waals surface area contributed by atoms with Crippen LogP contribution in [-0.2, 0) is 7.05 Å². The van der Waals surface area contributed by atoms with E-state index in [4.69, 9.17) is 4.98 Å². The minimum atomic E-state index is -0.00160. The van der Waals surface area contributed by atoms with E-state index in [-0.39, 0.29) is 13.5 Å². The number of aryl methyl sites for hydroxylation is 1. The van der Waals surface area contributed by atoms with Crippen LogP contribution >= 0.6 is 0 Å². The molecule has 0 bridgehead atoms. The van der Waals surface area contributed by atoms with Crippen LogP contribution in [0.1, 0.15) is 26.8 Å². The number of nitrogens with zero attached hydrogens (tertiary/aromatic N) is 8. The lowest BCUT2D eigenvalue weighted by Crippen LogP contribution is -2.52. The summed E-state index contributed by atoms with van der Waals surface area (Å²) in [6.07, 6.45) is 9.10. The van der Waals surface area contributed by atoms with E-state index in [1.165, 1.54) is 0 Å². The van der Waals surface area contributed by atoms with Crippen molar-refractivity contribution in [2.24, 2.45) is 13.0 Å². The van der Waals surface area contributed by atoms with Gasteiger partial charge >= 0.3 is 6.03 Å². The molecule has 1 aliphatic rings. The number of nitriles is 1. The first kappa shape index (κ1) is 25.7. The largest absolute Gasteiger partial charge is 0.353 e. The van der Waals surface area contributed by atoms with Crippen molar-refractivity contribution in [3.05, 3.63) is 54.7 Å². The van der Waals surface area contributed by atoms with Crippen LogP contribution < -0.4 is 10.2 Å². The molecule has 4 aromatic rings. The maximum atomic E-state index is 12.4. The van der Waals surface area contributed by atoms with Crippen LogP contribution in [0.5, 0.6) is 0 Å². The summed E-state index contributed by atoms with van der Waals surface area (Å²) in [5, 5.41) is 21.3. The van der Waals surface area contributed by atoms with Crippen LogP contribution in [0.15, 0.2) is 49.2 Å². The summed E-state index contributed by atoms with van der Waals surface area (Å²) in [5.74, 6) is 1.30. The first-order chi connectivity index (χ1) is 17.4. The number of carbonyl (C=O) groups excluding carboxylic acids is 1. The lowest BCUT2D eigenvalue weighted by atomic mass is 10.0. The quantitative estimate of drug-likeness (QED) is 0.448. The molecular weight excluding hydrogens is 466 g/mol. The molecule has 4 aromatic heterocycles. The van der Waals surface area contributed by atoms with Gasteiger partial charge in [-0.05, 0) is 24.1 Å². The Morgan fingerprint density at radius 3 is 2.46 bits per heavy atom. The van der Waals surface area contributed by atoms with E-state index in [0.29, 0.717) is 31.1 Å². The van der Waals surface area contributed by atoms with Crippen LogP contribution in [0.25, 0.3) is 27.8 Å². The predicted molar refractivity (Wildman–Crippen MR) is 144 cm³/mol. The van der Waals surface area contributed by atoms with Crippen molar-refractivity contribution in [1.82, 2.24) is 34.6 Å². The number of aromatic nitrogens is 5. The van der Waals surface area contributed by atoms with Gasteiger partial charge in [0.1, 0.15) is 11.9 Å². The van der Waals surface area contributed by atoms with Crippen LogP contribution in [0.4, 0.5) is 10.6 Å². The van der Waals surface area contributed by atoms with Crippen molar-refractivity contribution in [1.29, 1.82) is 5.26 Å². The van der Waals surface area contributed by atoms with E-state index in [9.17, 15) is 10.1 Å². The van der Waals surface area contributed by atoms with Crippen LogP contribution in [0.3, 0.4) is 0 Å². The monoisotopic (exact) mass is 499 g/mol. The van der Waals surface area contributed by atoms with Crippen molar-refractivity contribution in [3.8, 4) is 28.3 Å². The van der Waals surface area contributed by atoms with E-state index in [0.717, 1.165) is 46.7 Å².